The van der Waals surface area contributed by atoms with Crippen LogP contribution in [0.1, 0.15) is 15.9 Å². The van der Waals surface area contributed by atoms with E-state index < -0.39 is 15.9 Å². The van der Waals surface area contributed by atoms with Crippen molar-refractivity contribution in [1.82, 2.24) is 15.0 Å². The fourth-order valence-electron chi connectivity index (χ4n) is 1.84. The molecule has 0 saturated carbocycles. The topological polar surface area (TPSA) is 88.2 Å². The van der Waals surface area contributed by atoms with Gasteiger partial charge >= 0.3 is 0 Å². The van der Waals surface area contributed by atoms with Crippen LogP contribution in [0.3, 0.4) is 0 Å². The summed E-state index contributed by atoms with van der Waals surface area (Å²) in [6.07, 6.45) is 1.48. The summed E-state index contributed by atoms with van der Waals surface area (Å²) >= 11 is 9.08. The van der Waals surface area contributed by atoms with Crippen molar-refractivity contribution in [2.24, 2.45) is 0 Å². The molecule has 1 aromatic carbocycles. The molecule has 0 saturated heterocycles. The fraction of sp³-hybridized carbons (Fsp3) is 0.200. The Labute approximate surface area is 153 Å². The van der Waals surface area contributed by atoms with Crippen molar-refractivity contribution in [2.45, 2.75) is 11.8 Å². The molecule has 0 unspecified atom stereocenters. The summed E-state index contributed by atoms with van der Waals surface area (Å²) in [6, 6.07) is 8.05. The largest absolute Gasteiger partial charge is 0.351 e. The lowest BCUT2D eigenvalue weighted by molar-refractivity contribution is 0.0954. The molecule has 24 heavy (non-hydrogen) atoms. The van der Waals surface area contributed by atoms with E-state index in [-0.39, 0.29) is 28.7 Å². The molecule has 0 atom stereocenters. The van der Waals surface area contributed by atoms with E-state index in [0.717, 1.165) is 5.56 Å². The lowest BCUT2D eigenvalue weighted by Crippen LogP contribution is -2.34. The summed E-state index contributed by atoms with van der Waals surface area (Å²) in [7, 11) is -3.60. The molecule has 9 heteroatoms. The summed E-state index contributed by atoms with van der Waals surface area (Å²) in [5.41, 5.74) is 1.19. The molecule has 0 aliphatic rings. The minimum Gasteiger partial charge on any atom is -0.351 e. The summed E-state index contributed by atoms with van der Waals surface area (Å²) in [6.45, 7) is 2.05. The third-order valence-corrected chi connectivity index (χ3v) is 5.30. The number of carbonyl (C=O) groups is 1. The van der Waals surface area contributed by atoms with E-state index in [2.05, 4.69) is 31.0 Å². The van der Waals surface area contributed by atoms with Crippen molar-refractivity contribution in [3.63, 3.8) is 0 Å². The zero-order valence-electron chi connectivity index (χ0n) is 12.7. The van der Waals surface area contributed by atoms with Crippen LogP contribution in [-0.4, -0.2) is 32.4 Å². The summed E-state index contributed by atoms with van der Waals surface area (Å²) in [4.78, 5) is 16.1. The van der Waals surface area contributed by atoms with Crippen molar-refractivity contribution < 1.29 is 13.2 Å². The highest BCUT2D eigenvalue weighted by Crippen LogP contribution is 2.17. The first-order valence-corrected chi connectivity index (χ1v) is 9.60. The van der Waals surface area contributed by atoms with Gasteiger partial charge in [0.2, 0.25) is 10.0 Å². The van der Waals surface area contributed by atoms with Crippen LogP contribution in [0, 0.1) is 6.92 Å². The maximum absolute atomic E-state index is 12.1. The summed E-state index contributed by atoms with van der Waals surface area (Å²) in [5, 5.41) is 2.67. The maximum Gasteiger partial charge on any atom is 0.254 e. The normalized spacial score (nSPS) is 11.3. The zero-order valence-corrected chi connectivity index (χ0v) is 15.9. The van der Waals surface area contributed by atoms with Crippen LogP contribution in [0.2, 0.25) is 5.15 Å². The van der Waals surface area contributed by atoms with Crippen LogP contribution in [0.4, 0.5) is 0 Å². The quantitative estimate of drug-likeness (QED) is 0.542. The first kappa shape index (κ1) is 18.9. The Hall–Kier alpha value is -1.48. The third-order valence-electron chi connectivity index (χ3n) is 3.08. The number of aromatic nitrogens is 1. The van der Waals surface area contributed by atoms with Gasteiger partial charge < -0.3 is 5.32 Å². The minimum absolute atomic E-state index is 0.0565. The van der Waals surface area contributed by atoms with Crippen molar-refractivity contribution in [1.29, 1.82) is 0 Å². The van der Waals surface area contributed by atoms with Gasteiger partial charge in [-0.15, -0.1) is 0 Å². The fourth-order valence-corrected chi connectivity index (χ4v) is 3.39. The number of hydrogen-bond acceptors (Lipinski definition) is 4. The van der Waals surface area contributed by atoms with Crippen molar-refractivity contribution in [2.75, 3.05) is 13.1 Å². The lowest BCUT2D eigenvalue weighted by Gasteiger charge is -2.09. The molecule has 0 radical (unpaired) electrons. The number of halogens is 2. The van der Waals surface area contributed by atoms with Crippen LogP contribution in [0.25, 0.3) is 0 Å². The molecule has 6 nitrogen and oxygen atoms in total. The molecule has 2 rings (SSSR count). The smallest absolute Gasteiger partial charge is 0.254 e. The van der Waals surface area contributed by atoms with E-state index in [1.807, 2.05) is 6.92 Å². The van der Waals surface area contributed by atoms with Crippen LogP contribution >= 0.6 is 27.5 Å². The number of rotatable bonds is 6. The minimum atomic E-state index is -3.60. The highest BCUT2D eigenvalue weighted by molar-refractivity contribution is 9.10. The Morgan fingerprint density at radius 3 is 2.58 bits per heavy atom. The number of pyridine rings is 1. The van der Waals surface area contributed by atoms with Crippen molar-refractivity contribution >= 4 is 43.5 Å². The number of nitrogens with zero attached hydrogens (tertiary/aromatic N) is 1. The Morgan fingerprint density at radius 2 is 1.92 bits per heavy atom. The molecule has 0 fully saturated rings. The van der Waals surface area contributed by atoms with E-state index >= 15 is 0 Å². The number of aryl methyl sites for hydroxylation is 1. The van der Waals surface area contributed by atoms with Gasteiger partial charge in [-0.1, -0.05) is 29.3 Å². The van der Waals surface area contributed by atoms with Gasteiger partial charge in [0.05, 0.1) is 10.5 Å². The molecule has 1 heterocycles. The van der Waals surface area contributed by atoms with Crippen LogP contribution in [0.15, 0.2) is 45.9 Å². The second-order valence-corrected chi connectivity index (χ2v) is 8.00. The van der Waals surface area contributed by atoms with Gasteiger partial charge in [0.25, 0.3) is 5.91 Å². The predicted molar refractivity (Wildman–Crippen MR) is 95.6 cm³/mol. The highest BCUT2D eigenvalue weighted by atomic mass is 79.9. The van der Waals surface area contributed by atoms with E-state index in [1.165, 1.54) is 18.3 Å². The van der Waals surface area contributed by atoms with E-state index in [9.17, 15) is 13.2 Å². The van der Waals surface area contributed by atoms with E-state index in [1.54, 1.807) is 18.2 Å². The van der Waals surface area contributed by atoms with Gasteiger partial charge in [-0.3, -0.25) is 4.79 Å². The Balaban J connectivity index is 1.89. The molecule has 0 bridgehead atoms. The number of amides is 1. The first-order valence-electron chi connectivity index (χ1n) is 6.95. The molecule has 0 aliphatic carbocycles. The molecule has 0 spiro atoms. The van der Waals surface area contributed by atoms with Gasteiger partial charge in [0, 0.05) is 23.8 Å². The standard InChI is InChI=1S/C15H15BrClN3O3S/c1-10-2-4-12(5-3-10)24(22,23)20-7-6-18-15(21)13-8-11(16)9-19-14(13)17/h2-5,8-9,20H,6-7H2,1H3,(H,18,21). The number of sulfonamides is 1. The average Bonchev–Trinajstić information content (AvgIpc) is 2.54. The average molecular weight is 433 g/mol. The van der Waals surface area contributed by atoms with Gasteiger partial charge in [-0.2, -0.15) is 0 Å². The Bertz CT molecular complexity index is 842. The number of nitrogens with one attached hydrogen (secondary N) is 2. The van der Waals surface area contributed by atoms with Crippen molar-refractivity contribution in [3.8, 4) is 0 Å². The second-order valence-electron chi connectivity index (χ2n) is 4.96. The summed E-state index contributed by atoms with van der Waals surface area (Å²) in [5.74, 6) is -0.427. The molecule has 128 valence electrons. The van der Waals surface area contributed by atoms with Gasteiger partial charge in [-0.25, -0.2) is 18.1 Å². The molecule has 2 aromatic rings. The van der Waals surface area contributed by atoms with Crippen LogP contribution in [-0.2, 0) is 10.0 Å². The second kappa shape index (κ2) is 8.06. The van der Waals surface area contributed by atoms with Crippen LogP contribution < -0.4 is 10.0 Å². The molecular weight excluding hydrogens is 418 g/mol. The highest BCUT2D eigenvalue weighted by Gasteiger charge is 2.14. The van der Waals surface area contributed by atoms with Crippen molar-refractivity contribution in [3.05, 3.63) is 57.3 Å². The Kier molecular flexibility index (Phi) is 6.34. The third kappa shape index (κ3) is 5.01. The van der Waals surface area contributed by atoms with E-state index in [0.29, 0.717) is 4.47 Å². The SMILES string of the molecule is Cc1ccc(S(=O)(=O)NCCNC(=O)c2cc(Br)cnc2Cl)cc1. The molecular formula is C15H15BrClN3O3S. The van der Waals surface area contributed by atoms with Crippen LogP contribution in [0.5, 0.6) is 0 Å². The molecule has 1 amide bonds. The first-order chi connectivity index (χ1) is 11.3. The van der Waals surface area contributed by atoms with E-state index in [4.69, 9.17) is 11.6 Å². The summed E-state index contributed by atoms with van der Waals surface area (Å²) < 4.78 is 27.2. The molecule has 1 aromatic heterocycles. The number of carbonyl (C=O) groups excluding carboxylic acids is 1. The van der Waals surface area contributed by atoms with Gasteiger partial charge in [0.15, 0.2) is 0 Å². The van der Waals surface area contributed by atoms with Gasteiger partial charge in [-0.05, 0) is 41.1 Å². The lowest BCUT2D eigenvalue weighted by atomic mass is 10.2. The maximum atomic E-state index is 12.1. The monoisotopic (exact) mass is 431 g/mol. The molecule has 0 aliphatic heterocycles. The predicted octanol–water partition coefficient (Wildman–Crippen LogP) is 2.51. The van der Waals surface area contributed by atoms with Gasteiger partial charge in [0.1, 0.15) is 5.15 Å². The molecule has 2 N–H and O–H groups in total. The zero-order chi connectivity index (χ0) is 17.7. The number of hydrogen-bond donors (Lipinski definition) is 2. The number of benzene rings is 1. The Morgan fingerprint density at radius 1 is 1.25 bits per heavy atom.